The second kappa shape index (κ2) is 8.94. The molecule has 0 aliphatic heterocycles. The zero-order chi connectivity index (χ0) is 16.6. The lowest BCUT2D eigenvalue weighted by atomic mass is 9.87. The molecule has 0 aliphatic carbocycles. The molecule has 0 bridgehead atoms. The lowest BCUT2D eigenvalue weighted by molar-refractivity contribution is -0.134. The summed E-state index contributed by atoms with van der Waals surface area (Å²) < 4.78 is 10.8. The molecule has 1 aromatic carbocycles. The van der Waals surface area contributed by atoms with Gasteiger partial charge in [0.15, 0.2) is 0 Å². The van der Waals surface area contributed by atoms with E-state index < -0.39 is 0 Å². The van der Waals surface area contributed by atoms with Crippen LogP contribution in [-0.4, -0.2) is 18.7 Å². The number of esters is 1. The van der Waals surface area contributed by atoms with Crippen LogP contribution in [0.5, 0.6) is 5.75 Å². The summed E-state index contributed by atoms with van der Waals surface area (Å²) >= 11 is 0. The van der Waals surface area contributed by atoms with Crippen molar-refractivity contribution in [2.24, 2.45) is 0 Å². The van der Waals surface area contributed by atoms with Gasteiger partial charge in [0.05, 0.1) is 6.10 Å². The fourth-order valence-corrected chi connectivity index (χ4v) is 2.07. The van der Waals surface area contributed by atoms with Crippen LogP contribution in [0, 0.1) is 0 Å². The van der Waals surface area contributed by atoms with Gasteiger partial charge < -0.3 is 9.47 Å². The second-order valence-corrected chi connectivity index (χ2v) is 6.98. The molecule has 0 fully saturated rings. The van der Waals surface area contributed by atoms with Crippen LogP contribution < -0.4 is 4.74 Å². The summed E-state index contributed by atoms with van der Waals surface area (Å²) in [6, 6.07) is 7.78. The number of unbranched alkanes of at least 4 members (excludes halogenated alkanes) is 2. The van der Waals surface area contributed by atoms with Crippen LogP contribution in [0.25, 0.3) is 0 Å². The Morgan fingerprint density at radius 3 is 2.23 bits per heavy atom. The second-order valence-electron chi connectivity index (χ2n) is 6.98. The lowest BCUT2D eigenvalue weighted by Crippen LogP contribution is -2.11. The number of ether oxygens (including phenoxy) is 2. The minimum absolute atomic E-state index is 0.112. The summed E-state index contributed by atoms with van der Waals surface area (Å²) in [7, 11) is 0. The number of hydrogen-bond acceptors (Lipinski definition) is 3. The highest BCUT2D eigenvalue weighted by Gasteiger charge is 2.13. The molecule has 22 heavy (non-hydrogen) atoms. The van der Waals surface area contributed by atoms with E-state index in [0.717, 1.165) is 25.9 Å². The van der Waals surface area contributed by atoms with Crippen molar-refractivity contribution in [3.63, 3.8) is 0 Å². The summed E-state index contributed by atoms with van der Waals surface area (Å²) in [4.78, 5) is 11.8. The maximum atomic E-state index is 11.8. The molecular weight excluding hydrogens is 276 g/mol. The molecule has 0 aliphatic rings. The van der Waals surface area contributed by atoms with Crippen molar-refractivity contribution in [2.45, 2.75) is 71.8 Å². The lowest BCUT2D eigenvalue weighted by Gasteiger charge is -2.19. The zero-order valence-electron chi connectivity index (χ0n) is 14.6. The third-order valence-corrected chi connectivity index (χ3v) is 3.43. The molecule has 0 saturated heterocycles. The van der Waals surface area contributed by atoms with Gasteiger partial charge in [0.1, 0.15) is 5.75 Å². The number of rotatable bonds is 8. The molecule has 1 aromatic rings. The van der Waals surface area contributed by atoms with Crippen molar-refractivity contribution in [3.8, 4) is 5.75 Å². The predicted octanol–water partition coefficient (Wildman–Crippen LogP) is 4.87. The molecule has 3 nitrogen and oxygen atoms in total. The van der Waals surface area contributed by atoms with Gasteiger partial charge in [-0.05, 0) is 49.8 Å². The normalized spacial score (nSPS) is 11.7. The van der Waals surface area contributed by atoms with Crippen molar-refractivity contribution in [2.75, 3.05) is 6.61 Å². The number of benzene rings is 1. The molecule has 0 unspecified atom stereocenters. The third kappa shape index (κ3) is 7.60. The highest BCUT2D eigenvalue weighted by Crippen LogP contribution is 2.24. The molecule has 0 amide bonds. The molecule has 124 valence electrons. The van der Waals surface area contributed by atoms with Crippen molar-refractivity contribution < 1.29 is 14.3 Å². The van der Waals surface area contributed by atoms with E-state index in [-0.39, 0.29) is 17.5 Å². The minimum atomic E-state index is -0.159. The van der Waals surface area contributed by atoms with Crippen molar-refractivity contribution in [3.05, 3.63) is 29.8 Å². The van der Waals surface area contributed by atoms with Gasteiger partial charge in [0, 0.05) is 13.0 Å². The first-order valence-corrected chi connectivity index (χ1v) is 8.22. The van der Waals surface area contributed by atoms with Gasteiger partial charge in [-0.1, -0.05) is 39.3 Å². The number of hydrogen-bond donors (Lipinski definition) is 0. The summed E-state index contributed by atoms with van der Waals surface area (Å²) in [6.07, 6.45) is 3.57. The highest BCUT2D eigenvalue weighted by atomic mass is 16.5. The Morgan fingerprint density at radius 1 is 1.05 bits per heavy atom. The van der Waals surface area contributed by atoms with E-state index in [1.54, 1.807) is 0 Å². The Morgan fingerprint density at radius 2 is 1.68 bits per heavy atom. The van der Waals surface area contributed by atoms with Gasteiger partial charge in [-0.15, -0.1) is 0 Å². The third-order valence-electron chi connectivity index (χ3n) is 3.43. The average Bonchev–Trinajstić information content (AvgIpc) is 2.42. The molecule has 1 rings (SSSR count). The van der Waals surface area contributed by atoms with Crippen LogP contribution in [0.4, 0.5) is 0 Å². The Labute approximate surface area is 135 Å². The zero-order valence-corrected chi connectivity index (χ0v) is 14.6. The fourth-order valence-electron chi connectivity index (χ4n) is 2.07. The minimum Gasteiger partial charge on any atom is -0.427 e. The molecule has 0 N–H and O–H groups in total. The smallest absolute Gasteiger partial charge is 0.311 e. The standard InChI is InChI=1S/C19H30O3/c1-15(2)21-14-8-6-7-9-18(20)22-17-12-10-16(11-13-17)19(3,4)5/h10-13,15H,6-9,14H2,1-5H3. The van der Waals surface area contributed by atoms with Gasteiger partial charge in [-0.3, -0.25) is 4.79 Å². The Balaban J connectivity index is 2.25. The first-order chi connectivity index (χ1) is 10.3. The Bertz CT molecular complexity index is 441. The van der Waals surface area contributed by atoms with Gasteiger partial charge in [-0.2, -0.15) is 0 Å². The molecule has 0 spiro atoms. The quantitative estimate of drug-likeness (QED) is 0.390. The molecule has 0 saturated carbocycles. The molecule has 0 aromatic heterocycles. The van der Waals surface area contributed by atoms with Crippen molar-refractivity contribution >= 4 is 5.97 Å². The van der Waals surface area contributed by atoms with E-state index in [2.05, 4.69) is 20.8 Å². The number of carbonyl (C=O) groups excluding carboxylic acids is 1. The van der Waals surface area contributed by atoms with Gasteiger partial charge in [0.2, 0.25) is 0 Å². The summed E-state index contributed by atoms with van der Waals surface area (Å²) in [6.45, 7) is 11.3. The highest BCUT2D eigenvalue weighted by molar-refractivity contribution is 5.72. The van der Waals surface area contributed by atoms with Gasteiger partial charge >= 0.3 is 5.97 Å². The SMILES string of the molecule is CC(C)OCCCCCC(=O)Oc1ccc(C(C)(C)C)cc1. The summed E-state index contributed by atoms with van der Waals surface area (Å²) in [5.41, 5.74) is 1.35. The van der Waals surface area contributed by atoms with Crippen molar-refractivity contribution in [1.82, 2.24) is 0 Å². The van der Waals surface area contributed by atoms with E-state index in [1.165, 1.54) is 5.56 Å². The molecular formula is C19H30O3. The van der Waals surface area contributed by atoms with Crippen LogP contribution in [-0.2, 0) is 14.9 Å². The van der Waals surface area contributed by atoms with Crippen LogP contribution in [0.2, 0.25) is 0 Å². The van der Waals surface area contributed by atoms with E-state index in [0.29, 0.717) is 12.2 Å². The first kappa shape index (κ1) is 18.7. The molecule has 0 radical (unpaired) electrons. The van der Waals surface area contributed by atoms with Crippen molar-refractivity contribution in [1.29, 1.82) is 0 Å². The molecule has 0 atom stereocenters. The molecule has 3 heteroatoms. The first-order valence-electron chi connectivity index (χ1n) is 8.22. The summed E-state index contributed by atoms with van der Waals surface area (Å²) in [5, 5.41) is 0. The van der Waals surface area contributed by atoms with Gasteiger partial charge in [-0.25, -0.2) is 0 Å². The van der Waals surface area contributed by atoms with Crippen LogP contribution in [0.1, 0.15) is 65.9 Å². The summed E-state index contributed by atoms with van der Waals surface area (Å²) in [5.74, 6) is 0.467. The largest absolute Gasteiger partial charge is 0.427 e. The van der Waals surface area contributed by atoms with Gasteiger partial charge in [0.25, 0.3) is 0 Å². The van der Waals surface area contributed by atoms with E-state index in [1.807, 2.05) is 38.1 Å². The van der Waals surface area contributed by atoms with E-state index >= 15 is 0 Å². The average molecular weight is 306 g/mol. The van der Waals surface area contributed by atoms with Crippen LogP contribution in [0.15, 0.2) is 24.3 Å². The topological polar surface area (TPSA) is 35.5 Å². The van der Waals surface area contributed by atoms with E-state index in [9.17, 15) is 4.79 Å². The fraction of sp³-hybridized carbons (Fsp3) is 0.632. The predicted molar refractivity (Wildman–Crippen MR) is 90.3 cm³/mol. The maximum absolute atomic E-state index is 11.8. The van der Waals surface area contributed by atoms with E-state index in [4.69, 9.17) is 9.47 Å². The Kier molecular flexibility index (Phi) is 7.60. The monoisotopic (exact) mass is 306 g/mol. The molecule has 0 heterocycles. The Hall–Kier alpha value is -1.35. The maximum Gasteiger partial charge on any atom is 0.311 e. The van der Waals surface area contributed by atoms with Crippen LogP contribution in [0.3, 0.4) is 0 Å². The number of carbonyl (C=O) groups is 1. The van der Waals surface area contributed by atoms with Crippen LogP contribution >= 0.6 is 0 Å².